The molecule has 1 aromatic heterocycles. The van der Waals surface area contributed by atoms with Crippen molar-refractivity contribution in [3.8, 4) is 0 Å². The topological polar surface area (TPSA) is 55.8 Å². The molecular weight excluding hydrogens is 312 g/mol. The first-order valence-electron chi connectivity index (χ1n) is 8.65. The number of hydrogen-bond acceptors (Lipinski definition) is 6. The van der Waals surface area contributed by atoms with Crippen molar-refractivity contribution < 1.29 is 4.79 Å². The van der Waals surface area contributed by atoms with Gasteiger partial charge in [-0.25, -0.2) is 4.79 Å². The molecule has 0 aromatic carbocycles. The molecule has 23 heavy (non-hydrogen) atoms. The van der Waals surface area contributed by atoms with Crippen LogP contribution in [0.25, 0.3) is 0 Å². The largest absolute Gasteiger partial charge is 0.344 e. The van der Waals surface area contributed by atoms with Crippen LogP contribution >= 0.6 is 11.3 Å². The highest BCUT2D eigenvalue weighted by molar-refractivity contribution is 7.19. The summed E-state index contributed by atoms with van der Waals surface area (Å²) in [5.41, 5.74) is 0. The standard InChI is InChI=1S/C15H24N6OS/c1-2-18-6-8-19(9-7-18)13-16-17-14(23-13)21-11-10-20(15(21)22)12-4-3-5-12/h12H,2-11H2,1H3. The summed E-state index contributed by atoms with van der Waals surface area (Å²) in [5.74, 6) is 0. The van der Waals surface area contributed by atoms with Crippen molar-refractivity contribution in [2.75, 3.05) is 55.6 Å². The van der Waals surface area contributed by atoms with Crippen molar-refractivity contribution in [3.63, 3.8) is 0 Å². The maximum absolute atomic E-state index is 12.6. The van der Waals surface area contributed by atoms with Crippen LogP contribution in [0.3, 0.4) is 0 Å². The Morgan fingerprint density at radius 2 is 1.78 bits per heavy atom. The van der Waals surface area contributed by atoms with Crippen molar-refractivity contribution in [1.82, 2.24) is 20.0 Å². The summed E-state index contributed by atoms with van der Waals surface area (Å²) < 4.78 is 0. The lowest BCUT2D eigenvalue weighted by molar-refractivity contribution is 0.163. The van der Waals surface area contributed by atoms with Crippen LogP contribution in [0.4, 0.5) is 15.1 Å². The quantitative estimate of drug-likeness (QED) is 0.833. The van der Waals surface area contributed by atoms with E-state index in [0.717, 1.165) is 68.9 Å². The Morgan fingerprint density at radius 3 is 2.43 bits per heavy atom. The molecule has 4 rings (SSSR count). The Hall–Kier alpha value is -1.41. The average molecular weight is 336 g/mol. The number of aromatic nitrogens is 2. The minimum absolute atomic E-state index is 0.119. The summed E-state index contributed by atoms with van der Waals surface area (Å²) in [6.07, 6.45) is 3.56. The van der Waals surface area contributed by atoms with Crippen molar-refractivity contribution in [2.45, 2.75) is 32.2 Å². The zero-order valence-electron chi connectivity index (χ0n) is 13.6. The number of nitrogens with zero attached hydrogens (tertiary/aromatic N) is 6. The highest BCUT2D eigenvalue weighted by atomic mass is 32.1. The maximum atomic E-state index is 12.6. The number of hydrogen-bond donors (Lipinski definition) is 0. The molecule has 0 spiro atoms. The van der Waals surface area contributed by atoms with E-state index in [1.165, 1.54) is 6.42 Å². The van der Waals surface area contributed by atoms with E-state index >= 15 is 0 Å². The predicted molar refractivity (Wildman–Crippen MR) is 91.3 cm³/mol. The molecule has 1 aromatic rings. The molecule has 3 heterocycles. The van der Waals surface area contributed by atoms with Crippen LogP contribution in [0.1, 0.15) is 26.2 Å². The molecule has 3 fully saturated rings. The summed E-state index contributed by atoms with van der Waals surface area (Å²) in [6.45, 7) is 9.00. The van der Waals surface area contributed by atoms with E-state index in [-0.39, 0.29) is 6.03 Å². The van der Waals surface area contributed by atoms with Gasteiger partial charge in [0, 0.05) is 45.3 Å². The number of carbonyl (C=O) groups excluding carboxylic acids is 1. The van der Waals surface area contributed by atoms with Crippen molar-refractivity contribution in [1.29, 1.82) is 0 Å². The van der Waals surface area contributed by atoms with Gasteiger partial charge in [-0.2, -0.15) is 0 Å². The molecule has 0 atom stereocenters. The predicted octanol–water partition coefficient (Wildman–Crippen LogP) is 1.47. The van der Waals surface area contributed by atoms with E-state index in [0.29, 0.717) is 6.04 Å². The molecule has 2 saturated heterocycles. The molecule has 0 bridgehead atoms. The Kier molecular flexibility index (Phi) is 4.11. The van der Waals surface area contributed by atoms with Crippen molar-refractivity contribution in [3.05, 3.63) is 0 Å². The first-order valence-corrected chi connectivity index (χ1v) is 9.47. The molecule has 126 valence electrons. The van der Waals surface area contributed by atoms with Crippen LogP contribution in [-0.2, 0) is 0 Å². The summed E-state index contributed by atoms with van der Waals surface area (Å²) in [5, 5.41) is 10.3. The normalized spacial score (nSPS) is 23.7. The summed E-state index contributed by atoms with van der Waals surface area (Å²) in [6, 6.07) is 0.579. The van der Waals surface area contributed by atoms with Gasteiger partial charge in [0.25, 0.3) is 0 Å². The van der Waals surface area contributed by atoms with Crippen LogP contribution in [0.2, 0.25) is 0 Å². The Labute approximate surface area is 140 Å². The van der Waals surface area contributed by atoms with Crippen LogP contribution < -0.4 is 9.80 Å². The van der Waals surface area contributed by atoms with Crippen LogP contribution in [0.5, 0.6) is 0 Å². The molecular formula is C15H24N6OS. The van der Waals surface area contributed by atoms with Gasteiger partial charge in [-0.1, -0.05) is 18.3 Å². The highest BCUT2D eigenvalue weighted by Crippen LogP contribution is 2.33. The van der Waals surface area contributed by atoms with E-state index < -0.39 is 0 Å². The molecule has 2 aliphatic heterocycles. The van der Waals surface area contributed by atoms with Gasteiger partial charge < -0.3 is 14.7 Å². The van der Waals surface area contributed by atoms with Crippen molar-refractivity contribution in [2.24, 2.45) is 0 Å². The van der Waals surface area contributed by atoms with E-state index in [4.69, 9.17) is 0 Å². The number of anilines is 2. The zero-order chi connectivity index (χ0) is 15.8. The number of carbonyl (C=O) groups is 1. The lowest BCUT2D eigenvalue weighted by atomic mass is 9.92. The molecule has 0 unspecified atom stereocenters. The molecule has 7 nitrogen and oxygen atoms in total. The van der Waals surface area contributed by atoms with Crippen LogP contribution in [0.15, 0.2) is 0 Å². The second-order valence-corrected chi connectivity index (χ2v) is 7.44. The van der Waals surface area contributed by atoms with Crippen molar-refractivity contribution >= 4 is 27.6 Å². The monoisotopic (exact) mass is 336 g/mol. The van der Waals surface area contributed by atoms with Gasteiger partial charge in [-0.15, -0.1) is 10.2 Å². The summed E-state index contributed by atoms with van der Waals surface area (Å²) in [4.78, 5) is 21.1. The van der Waals surface area contributed by atoms with Gasteiger partial charge in [0.05, 0.1) is 0 Å². The molecule has 3 aliphatic rings. The van der Waals surface area contributed by atoms with Gasteiger partial charge in [0.1, 0.15) is 0 Å². The third-order valence-corrected chi connectivity index (χ3v) is 6.29. The number of urea groups is 1. The second-order valence-electron chi connectivity index (χ2n) is 6.50. The van der Waals surface area contributed by atoms with E-state index in [1.807, 2.05) is 9.80 Å². The first-order chi connectivity index (χ1) is 11.3. The summed E-state index contributed by atoms with van der Waals surface area (Å²) >= 11 is 1.55. The second kappa shape index (κ2) is 6.24. The van der Waals surface area contributed by atoms with Gasteiger partial charge in [-0.05, 0) is 25.8 Å². The molecule has 0 radical (unpaired) electrons. The fourth-order valence-corrected chi connectivity index (χ4v) is 4.39. The number of likely N-dealkylation sites (N-methyl/N-ethyl adjacent to an activating group) is 1. The van der Waals surface area contributed by atoms with Gasteiger partial charge in [0.15, 0.2) is 0 Å². The smallest absolute Gasteiger partial charge is 0.326 e. The third-order valence-electron chi connectivity index (χ3n) is 5.28. The number of piperazine rings is 1. The van der Waals surface area contributed by atoms with Gasteiger partial charge in [0.2, 0.25) is 10.3 Å². The minimum atomic E-state index is 0.119. The average Bonchev–Trinajstić information content (AvgIpc) is 3.14. The van der Waals surface area contributed by atoms with Gasteiger partial charge in [-0.3, -0.25) is 4.90 Å². The van der Waals surface area contributed by atoms with Crippen LogP contribution in [0, 0.1) is 0 Å². The van der Waals surface area contributed by atoms with E-state index in [9.17, 15) is 4.79 Å². The Morgan fingerprint density at radius 1 is 1.04 bits per heavy atom. The molecule has 2 amide bonds. The fourth-order valence-electron chi connectivity index (χ4n) is 3.47. The molecule has 1 saturated carbocycles. The Balaban J connectivity index is 1.41. The molecule has 8 heteroatoms. The number of amides is 2. The summed E-state index contributed by atoms with van der Waals surface area (Å²) in [7, 11) is 0. The van der Waals surface area contributed by atoms with E-state index in [2.05, 4.69) is 26.9 Å². The zero-order valence-corrected chi connectivity index (χ0v) is 14.5. The maximum Gasteiger partial charge on any atom is 0.326 e. The number of rotatable bonds is 4. The first kappa shape index (κ1) is 15.1. The molecule has 1 aliphatic carbocycles. The third kappa shape index (κ3) is 2.78. The lowest BCUT2D eigenvalue weighted by Gasteiger charge is -2.34. The molecule has 0 N–H and O–H groups in total. The Bertz CT molecular complexity index is 566. The lowest BCUT2D eigenvalue weighted by Crippen LogP contribution is -2.46. The van der Waals surface area contributed by atoms with E-state index in [1.54, 1.807) is 11.3 Å². The fraction of sp³-hybridized carbons (Fsp3) is 0.800. The minimum Gasteiger partial charge on any atom is -0.344 e. The van der Waals surface area contributed by atoms with Gasteiger partial charge >= 0.3 is 6.03 Å². The van der Waals surface area contributed by atoms with Crippen LogP contribution in [-0.4, -0.2) is 77.9 Å². The highest BCUT2D eigenvalue weighted by Gasteiger charge is 2.38. The SMILES string of the molecule is CCN1CCN(c2nnc(N3CCN(C4CCC4)C3=O)s2)CC1.